The molecule has 0 saturated heterocycles. The molecular weight excluding hydrogens is 741 g/mol. The van der Waals surface area contributed by atoms with E-state index < -0.39 is 0 Å². The summed E-state index contributed by atoms with van der Waals surface area (Å²) in [5.74, 6) is 0.307. The third kappa shape index (κ3) is 10.0. The molecule has 6 heteroatoms. The number of hydrogen-bond donors (Lipinski definition) is 0. The summed E-state index contributed by atoms with van der Waals surface area (Å²) in [6, 6.07) is 37.4. The molecule has 0 amide bonds. The number of ketones is 2. The van der Waals surface area contributed by atoms with Gasteiger partial charge in [0.2, 0.25) is 0 Å². The van der Waals surface area contributed by atoms with Crippen molar-refractivity contribution < 1.29 is 19.1 Å². The van der Waals surface area contributed by atoms with Gasteiger partial charge in [0.1, 0.15) is 6.10 Å². The number of benzene rings is 5. The number of rotatable bonds is 14. The van der Waals surface area contributed by atoms with Crippen LogP contribution in [0.2, 0.25) is 0 Å². The minimum Gasteiger partial charge on any atom is -0.462 e. The molecule has 1 fully saturated rings. The first-order valence-electron chi connectivity index (χ1n) is 20.8. The fourth-order valence-corrected chi connectivity index (χ4v) is 10.0. The first kappa shape index (κ1) is 40.8. The Morgan fingerprint density at radius 2 is 1.14 bits per heavy atom. The summed E-state index contributed by atoms with van der Waals surface area (Å²) in [6.45, 7) is 8.77. The molecule has 7 rings (SSSR count). The van der Waals surface area contributed by atoms with Crippen molar-refractivity contribution in [2.24, 2.45) is 0 Å². The monoisotopic (exact) mass is 794 g/mol. The molecule has 57 heavy (non-hydrogen) atoms. The first-order valence-corrected chi connectivity index (χ1v) is 22.4. The van der Waals surface area contributed by atoms with Gasteiger partial charge in [0, 0.05) is 48.3 Å². The van der Waals surface area contributed by atoms with Gasteiger partial charge in [-0.3, -0.25) is 14.4 Å². The summed E-state index contributed by atoms with van der Waals surface area (Å²) < 4.78 is 5.79. The highest BCUT2D eigenvalue weighted by Crippen LogP contribution is 2.42. The molecule has 0 bridgehead atoms. The summed E-state index contributed by atoms with van der Waals surface area (Å²) in [4.78, 5) is 44.1. The van der Waals surface area contributed by atoms with Gasteiger partial charge in [0.05, 0.1) is 0 Å². The number of carbonyl (C=O) groups is 3. The van der Waals surface area contributed by atoms with E-state index in [1.807, 2.05) is 24.3 Å². The van der Waals surface area contributed by atoms with Gasteiger partial charge < -0.3 is 4.74 Å². The number of aryl methyl sites for hydroxylation is 2. The molecular formula is C51H54O4S2. The Hall–Kier alpha value is -4.39. The third-order valence-corrected chi connectivity index (χ3v) is 13.6. The average molecular weight is 795 g/mol. The SMILES string of the molecule is CCCCCCC(=O)OC1CCC(c2ccc(CCc3ccc(Sc4cccc5c4C(=O)c4cccc(Sc6ccc(C(C)(C)C)cc6)c4C5=O)cc3)cc2)CC1. The minimum absolute atomic E-state index is 0.0228. The summed E-state index contributed by atoms with van der Waals surface area (Å²) >= 11 is 3.07. The van der Waals surface area contributed by atoms with E-state index in [1.165, 1.54) is 58.6 Å². The minimum atomic E-state index is -0.0995. The predicted octanol–water partition coefficient (Wildman–Crippen LogP) is 13.4. The molecule has 0 spiro atoms. The molecule has 0 atom stereocenters. The van der Waals surface area contributed by atoms with Crippen molar-refractivity contribution in [2.45, 2.75) is 135 Å². The molecule has 294 valence electrons. The van der Waals surface area contributed by atoms with Gasteiger partial charge in [-0.25, -0.2) is 0 Å². The third-order valence-electron chi connectivity index (χ3n) is 11.5. The Labute approximate surface area is 347 Å². The smallest absolute Gasteiger partial charge is 0.306 e. The topological polar surface area (TPSA) is 60.4 Å². The van der Waals surface area contributed by atoms with Crippen LogP contribution in [0.1, 0.15) is 145 Å². The van der Waals surface area contributed by atoms with Crippen molar-refractivity contribution in [1.82, 2.24) is 0 Å². The fraction of sp³-hybridized carbons (Fsp3) is 0.353. The molecule has 0 radical (unpaired) electrons. The van der Waals surface area contributed by atoms with Crippen LogP contribution >= 0.6 is 23.5 Å². The van der Waals surface area contributed by atoms with E-state index in [9.17, 15) is 14.4 Å². The van der Waals surface area contributed by atoms with Crippen LogP contribution in [0.15, 0.2) is 129 Å². The molecule has 1 saturated carbocycles. The summed E-state index contributed by atoms with van der Waals surface area (Å²) in [6.07, 6.45) is 11.0. The molecule has 0 aromatic heterocycles. The fourth-order valence-electron chi connectivity index (χ4n) is 8.05. The second-order valence-corrected chi connectivity index (χ2v) is 18.9. The lowest BCUT2D eigenvalue weighted by molar-refractivity contribution is -0.150. The number of carbonyl (C=O) groups excluding carboxylic acids is 3. The van der Waals surface area contributed by atoms with Crippen molar-refractivity contribution in [3.63, 3.8) is 0 Å². The lowest BCUT2D eigenvalue weighted by Crippen LogP contribution is -2.23. The van der Waals surface area contributed by atoms with Gasteiger partial charge in [-0.15, -0.1) is 0 Å². The van der Waals surface area contributed by atoms with Crippen LogP contribution in [0.3, 0.4) is 0 Å². The van der Waals surface area contributed by atoms with Crippen LogP contribution in [0.25, 0.3) is 0 Å². The highest BCUT2D eigenvalue weighted by Gasteiger charge is 2.34. The standard InChI is InChI=1S/C51H54O4S2/c1-5-6-7-8-15-46(52)55-39-28-24-37(25-29-39)36-22-18-34(19-23-36)16-17-35-20-30-40(31-21-35)56-44-13-9-11-42-47(44)49(53)43-12-10-14-45(48(43)50(42)54)57-41-32-26-38(27-33-41)51(2,3)4/h9-14,18-23,26-27,30-33,37,39H,5-8,15-17,24-25,28-29H2,1-4H3. The number of fused-ring (bicyclic) bond motifs is 2. The Bertz CT molecular complexity index is 2190. The van der Waals surface area contributed by atoms with E-state index >= 15 is 0 Å². The molecule has 0 aliphatic heterocycles. The molecule has 5 aromatic rings. The van der Waals surface area contributed by atoms with Gasteiger partial charge in [-0.2, -0.15) is 0 Å². The zero-order valence-corrected chi connectivity index (χ0v) is 35.4. The lowest BCUT2D eigenvalue weighted by Gasteiger charge is -2.28. The number of unbranched alkanes of at least 4 members (excludes halogenated alkanes) is 3. The van der Waals surface area contributed by atoms with Crippen LogP contribution < -0.4 is 0 Å². The second kappa shape index (κ2) is 18.5. The highest BCUT2D eigenvalue weighted by atomic mass is 32.2. The van der Waals surface area contributed by atoms with Crippen molar-refractivity contribution >= 4 is 41.1 Å². The van der Waals surface area contributed by atoms with Gasteiger partial charge in [-0.05, 0) is 115 Å². The number of ether oxygens (including phenoxy) is 1. The molecule has 4 nitrogen and oxygen atoms in total. The van der Waals surface area contributed by atoms with Crippen molar-refractivity contribution in [3.05, 3.63) is 154 Å². The Morgan fingerprint density at radius 3 is 1.65 bits per heavy atom. The van der Waals surface area contributed by atoms with E-state index in [-0.39, 0.29) is 29.1 Å². The Morgan fingerprint density at radius 1 is 0.632 bits per heavy atom. The maximum Gasteiger partial charge on any atom is 0.306 e. The molecule has 2 aliphatic carbocycles. The van der Waals surface area contributed by atoms with E-state index in [0.717, 1.165) is 70.9 Å². The summed E-state index contributed by atoms with van der Waals surface area (Å²) in [7, 11) is 0. The van der Waals surface area contributed by atoms with Crippen LogP contribution in [0.5, 0.6) is 0 Å². The van der Waals surface area contributed by atoms with Crippen molar-refractivity contribution in [2.75, 3.05) is 0 Å². The van der Waals surface area contributed by atoms with Crippen LogP contribution in [-0.4, -0.2) is 23.6 Å². The van der Waals surface area contributed by atoms with Gasteiger partial charge in [-0.1, -0.05) is 143 Å². The van der Waals surface area contributed by atoms with Gasteiger partial charge >= 0.3 is 5.97 Å². The number of esters is 1. The van der Waals surface area contributed by atoms with E-state index in [0.29, 0.717) is 34.6 Å². The zero-order valence-electron chi connectivity index (χ0n) is 33.8. The lowest BCUT2D eigenvalue weighted by atomic mass is 9.82. The van der Waals surface area contributed by atoms with Gasteiger partial charge in [0.25, 0.3) is 0 Å². The second-order valence-electron chi connectivity index (χ2n) is 16.7. The maximum atomic E-state index is 14.1. The highest BCUT2D eigenvalue weighted by molar-refractivity contribution is 7.99. The van der Waals surface area contributed by atoms with Crippen molar-refractivity contribution in [3.8, 4) is 0 Å². The molecule has 0 unspecified atom stereocenters. The van der Waals surface area contributed by atoms with E-state index in [2.05, 4.69) is 100 Å². The predicted molar refractivity (Wildman–Crippen MR) is 233 cm³/mol. The Balaban J connectivity index is 0.933. The largest absolute Gasteiger partial charge is 0.462 e. The molecule has 0 N–H and O–H groups in total. The maximum absolute atomic E-state index is 14.1. The summed E-state index contributed by atoms with van der Waals surface area (Å²) in [5.41, 5.74) is 7.21. The van der Waals surface area contributed by atoms with E-state index in [1.54, 1.807) is 12.1 Å². The molecule has 2 aliphatic rings. The van der Waals surface area contributed by atoms with Crippen LogP contribution in [-0.2, 0) is 27.8 Å². The Kier molecular flexibility index (Phi) is 13.2. The van der Waals surface area contributed by atoms with Crippen molar-refractivity contribution in [1.29, 1.82) is 0 Å². The van der Waals surface area contributed by atoms with E-state index in [4.69, 9.17) is 4.74 Å². The molecule has 0 heterocycles. The zero-order chi connectivity index (χ0) is 39.9. The molecule has 5 aromatic carbocycles. The average Bonchev–Trinajstić information content (AvgIpc) is 3.21. The normalized spacial score (nSPS) is 16.6. The number of hydrogen-bond acceptors (Lipinski definition) is 6. The van der Waals surface area contributed by atoms with Crippen LogP contribution in [0, 0.1) is 0 Å². The first-order chi connectivity index (χ1) is 27.6. The summed E-state index contributed by atoms with van der Waals surface area (Å²) in [5, 5.41) is 0. The quantitative estimate of drug-likeness (QED) is 0.0808. The van der Waals surface area contributed by atoms with Crippen LogP contribution in [0.4, 0.5) is 0 Å². The van der Waals surface area contributed by atoms with Gasteiger partial charge in [0.15, 0.2) is 11.6 Å².